The van der Waals surface area contributed by atoms with E-state index in [1.54, 1.807) is 48.5 Å². The van der Waals surface area contributed by atoms with Gasteiger partial charge in [-0.3, -0.25) is 14.5 Å². The largest absolute Gasteiger partial charge is 0.488 e. The number of carbonyl (C=O) groups excluding carboxylic acids is 2. The molecule has 0 bridgehead atoms. The fraction of sp³-hybridized carbons (Fsp3) is 0.0833. The molecule has 0 saturated carbocycles. The third-order valence-electron chi connectivity index (χ3n) is 4.86. The first-order valence-electron chi connectivity index (χ1n) is 9.77. The smallest absolute Gasteiger partial charge is 0.293 e. The van der Waals surface area contributed by atoms with Gasteiger partial charge in [0.2, 0.25) is 0 Å². The summed E-state index contributed by atoms with van der Waals surface area (Å²) >= 11 is 28.5. The summed E-state index contributed by atoms with van der Waals surface area (Å²) in [4.78, 5) is 27.0. The van der Waals surface area contributed by atoms with Gasteiger partial charge in [0.05, 0.1) is 21.5 Å². The Kier molecular flexibility index (Phi) is 8.18. The number of ether oxygens (including phenoxy) is 1. The van der Waals surface area contributed by atoms with Gasteiger partial charge >= 0.3 is 0 Å². The molecule has 3 aromatic rings. The van der Waals surface area contributed by atoms with Crippen LogP contribution in [0.15, 0.2) is 64.0 Å². The zero-order valence-corrected chi connectivity index (χ0v) is 22.6. The molecule has 1 aliphatic rings. The molecule has 2 amide bonds. The molecule has 1 aliphatic heterocycles. The summed E-state index contributed by atoms with van der Waals surface area (Å²) in [6.07, 6.45) is 1.64. The van der Waals surface area contributed by atoms with E-state index in [0.717, 1.165) is 21.8 Å². The van der Waals surface area contributed by atoms with Gasteiger partial charge in [-0.2, -0.15) is 0 Å². The molecule has 0 N–H and O–H groups in total. The molecule has 0 atom stereocenters. The van der Waals surface area contributed by atoms with Gasteiger partial charge in [0, 0.05) is 25.6 Å². The molecular weight excluding hydrogens is 604 g/mol. The molecule has 4 nitrogen and oxygen atoms in total. The number of rotatable bonds is 6. The Morgan fingerprint density at radius 2 is 1.71 bits per heavy atom. The minimum atomic E-state index is -0.396. The lowest BCUT2D eigenvalue weighted by Gasteiger charge is -2.13. The van der Waals surface area contributed by atoms with Crippen LogP contribution in [0.5, 0.6) is 5.75 Å². The predicted molar refractivity (Wildman–Crippen MR) is 143 cm³/mol. The van der Waals surface area contributed by atoms with Crippen LogP contribution in [0.3, 0.4) is 0 Å². The third kappa shape index (κ3) is 5.93. The molecule has 1 fully saturated rings. The highest BCUT2D eigenvalue weighted by atomic mass is 79.9. The number of thioether (sulfide) groups is 1. The highest BCUT2D eigenvalue weighted by molar-refractivity contribution is 9.10. The summed E-state index contributed by atoms with van der Waals surface area (Å²) in [5, 5.41) is 1.43. The molecule has 1 heterocycles. The minimum absolute atomic E-state index is 0.0931. The lowest BCUT2D eigenvalue weighted by molar-refractivity contribution is -0.123. The number of imide groups is 1. The highest BCUT2D eigenvalue weighted by Gasteiger charge is 2.35. The Hall–Kier alpha value is -1.67. The molecule has 10 heteroatoms. The van der Waals surface area contributed by atoms with Crippen LogP contribution in [0.2, 0.25) is 20.1 Å². The van der Waals surface area contributed by atoms with Crippen LogP contribution in [-0.4, -0.2) is 16.0 Å². The fourth-order valence-corrected chi connectivity index (χ4v) is 5.15. The average molecular weight is 618 g/mol. The van der Waals surface area contributed by atoms with E-state index < -0.39 is 5.91 Å². The number of hydrogen-bond donors (Lipinski definition) is 0. The lowest BCUT2D eigenvalue weighted by Crippen LogP contribution is -2.27. The normalized spacial score (nSPS) is 14.9. The molecule has 0 aliphatic carbocycles. The van der Waals surface area contributed by atoms with Crippen molar-refractivity contribution in [1.82, 2.24) is 4.90 Å². The van der Waals surface area contributed by atoms with Crippen LogP contribution in [-0.2, 0) is 17.9 Å². The maximum atomic E-state index is 13.0. The fourth-order valence-electron chi connectivity index (χ4n) is 3.16. The van der Waals surface area contributed by atoms with Crippen LogP contribution in [0.25, 0.3) is 6.08 Å². The molecule has 174 valence electrons. The van der Waals surface area contributed by atoms with Crippen molar-refractivity contribution in [2.75, 3.05) is 0 Å². The Morgan fingerprint density at radius 3 is 2.44 bits per heavy atom. The molecule has 1 saturated heterocycles. The Morgan fingerprint density at radius 1 is 0.912 bits per heavy atom. The first-order chi connectivity index (χ1) is 16.2. The van der Waals surface area contributed by atoms with Crippen molar-refractivity contribution in [2.45, 2.75) is 13.2 Å². The van der Waals surface area contributed by atoms with E-state index in [9.17, 15) is 9.59 Å². The second-order valence-electron chi connectivity index (χ2n) is 7.22. The summed E-state index contributed by atoms with van der Waals surface area (Å²) in [5.41, 5.74) is 2.10. The van der Waals surface area contributed by atoms with Crippen molar-refractivity contribution >= 4 is 91.3 Å². The number of amides is 2. The number of benzene rings is 3. The van der Waals surface area contributed by atoms with E-state index in [0.29, 0.717) is 37.0 Å². The first kappa shape index (κ1) is 25.4. The van der Waals surface area contributed by atoms with Crippen molar-refractivity contribution in [1.29, 1.82) is 0 Å². The van der Waals surface area contributed by atoms with Crippen molar-refractivity contribution in [3.05, 3.63) is 101 Å². The van der Waals surface area contributed by atoms with Gasteiger partial charge in [0.1, 0.15) is 12.4 Å². The molecule has 0 aromatic heterocycles. The quantitative estimate of drug-likeness (QED) is 0.259. The number of carbonyl (C=O) groups is 2. The van der Waals surface area contributed by atoms with E-state index in [1.807, 2.05) is 12.1 Å². The van der Waals surface area contributed by atoms with Crippen molar-refractivity contribution in [2.24, 2.45) is 0 Å². The van der Waals surface area contributed by atoms with Crippen molar-refractivity contribution < 1.29 is 14.3 Å². The molecular formula is C24H14BrCl4NO3S. The van der Waals surface area contributed by atoms with E-state index in [4.69, 9.17) is 51.1 Å². The zero-order chi connectivity index (χ0) is 24.4. The highest BCUT2D eigenvalue weighted by Crippen LogP contribution is 2.36. The van der Waals surface area contributed by atoms with E-state index >= 15 is 0 Å². The molecule has 4 rings (SSSR count). The molecule has 3 aromatic carbocycles. The second kappa shape index (κ2) is 10.9. The topological polar surface area (TPSA) is 46.6 Å². The number of nitrogens with zero attached hydrogens (tertiary/aromatic N) is 1. The van der Waals surface area contributed by atoms with Crippen LogP contribution < -0.4 is 4.74 Å². The molecule has 0 unspecified atom stereocenters. The Labute approximate surface area is 228 Å². The standard InChI is InChI=1S/C24H14BrCl4NO3S/c25-16-3-6-21(33-12-14-2-4-17(26)10-19(14)28)15(8-16)9-22-23(31)30(24(32)34-22)11-13-1-5-18(27)20(29)7-13/h1-10H,11-12H2/b22-9-. The van der Waals surface area contributed by atoms with Gasteiger partial charge in [-0.05, 0) is 65.9 Å². The van der Waals surface area contributed by atoms with Crippen molar-refractivity contribution in [3.63, 3.8) is 0 Å². The van der Waals surface area contributed by atoms with Gasteiger partial charge in [0.15, 0.2) is 0 Å². The maximum Gasteiger partial charge on any atom is 0.293 e. The molecule has 34 heavy (non-hydrogen) atoms. The van der Waals surface area contributed by atoms with Gasteiger partial charge in [-0.1, -0.05) is 74.5 Å². The zero-order valence-electron chi connectivity index (χ0n) is 17.2. The van der Waals surface area contributed by atoms with Gasteiger partial charge in [0.25, 0.3) is 11.1 Å². The minimum Gasteiger partial charge on any atom is -0.488 e. The summed E-state index contributed by atoms with van der Waals surface area (Å²) in [6.45, 7) is 0.299. The van der Waals surface area contributed by atoms with Crippen LogP contribution >= 0.6 is 74.1 Å². The SMILES string of the molecule is O=C1S/C(=C\c2cc(Br)ccc2OCc2ccc(Cl)cc2Cl)C(=O)N1Cc1ccc(Cl)c(Cl)c1. The van der Waals surface area contributed by atoms with Gasteiger partial charge in [-0.15, -0.1) is 0 Å². The Balaban J connectivity index is 1.56. The van der Waals surface area contributed by atoms with E-state index in [-0.39, 0.29) is 23.3 Å². The first-order valence-corrected chi connectivity index (χ1v) is 12.9. The maximum absolute atomic E-state index is 13.0. The van der Waals surface area contributed by atoms with Gasteiger partial charge < -0.3 is 4.74 Å². The van der Waals surface area contributed by atoms with Crippen molar-refractivity contribution in [3.8, 4) is 5.75 Å². The lowest BCUT2D eigenvalue weighted by atomic mass is 10.1. The molecule has 0 spiro atoms. The van der Waals surface area contributed by atoms with Gasteiger partial charge in [-0.25, -0.2) is 0 Å². The summed E-state index contributed by atoms with van der Waals surface area (Å²) < 4.78 is 6.78. The predicted octanol–water partition coefficient (Wildman–Crippen LogP) is 8.88. The summed E-state index contributed by atoms with van der Waals surface area (Å²) in [5.74, 6) is 0.137. The van der Waals surface area contributed by atoms with Crippen LogP contribution in [0.1, 0.15) is 16.7 Å². The number of halogens is 5. The third-order valence-corrected chi connectivity index (χ3v) is 7.58. The Bertz CT molecular complexity index is 1330. The second-order valence-corrected chi connectivity index (χ2v) is 10.8. The van der Waals surface area contributed by atoms with Crippen LogP contribution in [0.4, 0.5) is 4.79 Å². The van der Waals surface area contributed by atoms with Crippen LogP contribution in [0, 0.1) is 0 Å². The summed E-state index contributed by atoms with van der Waals surface area (Å²) in [6, 6.07) is 15.6. The monoisotopic (exact) mass is 615 g/mol. The summed E-state index contributed by atoms with van der Waals surface area (Å²) in [7, 11) is 0. The number of hydrogen-bond acceptors (Lipinski definition) is 4. The van der Waals surface area contributed by atoms with E-state index in [2.05, 4.69) is 15.9 Å². The average Bonchev–Trinajstić information content (AvgIpc) is 3.04. The van der Waals surface area contributed by atoms with E-state index in [1.165, 1.54) is 4.90 Å². The molecule has 0 radical (unpaired) electrons.